The molecule has 2 aromatic rings. The molecule has 0 amide bonds. The van der Waals surface area contributed by atoms with Gasteiger partial charge >= 0.3 is 5.97 Å². The summed E-state index contributed by atoms with van der Waals surface area (Å²) in [5.41, 5.74) is 1.22. The van der Waals surface area contributed by atoms with Crippen molar-refractivity contribution in [2.75, 3.05) is 26.4 Å². The molecule has 0 bridgehead atoms. The van der Waals surface area contributed by atoms with Gasteiger partial charge in [-0.05, 0) is 61.7 Å². The van der Waals surface area contributed by atoms with E-state index in [0.717, 1.165) is 24.8 Å². The zero-order chi connectivity index (χ0) is 21.1. The summed E-state index contributed by atoms with van der Waals surface area (Å²) < 4.78 is 44.6. The minimum absolute atomic E-state index is 0.164. The Morgan fingerprint density at radius 3 is 2.53 bits per heavy atom. The molecule has 1 fully saturated rings. The van der Waals surface area contributed by atoms with E-state index in [1.807, 2.05) is 18.2 Å². The summed E-state index contributed by atoms with van der Waals surface area (Å²) in [4.78, 5) is 12.0. The molecule has 1 saturated heterocycles. The average Bonchev–Trinajstić information content (AvgIpc) is 3.14. The van der Waals surface area contributed by atoms with Crippen LogP contribution in [0.3, 0.4) is 0 Å². The molecule has 30 heavy (non-hydrogen) atoms. The number of carbonyl (C=O) groups excluding carboxylic acids is 1. The highest BCUT2D eigenvalue weighted by atomic mass is 32.2. The van der Waals surface area contributed by atoms with Crippen molar-refractivity contribution in [1.82, 2.24) is 4.31 Å². The molecule has 8 heteroatoms. The first kappa shape index (κ1) is 20.7. The van der Waals surface area contributed by atoms with Crippen LogP contribution >= 0.6 is 0 Å². The molecule has 0 saturated carbocycles. The maximum absolute atomic E-state index is 13.3. The van der Waals surface area contributed by atoms with Gasteiger partial charge in [-0.3, -0.25) is 0 Å². The quantitative estimate of drug-likeness (QED) is 0.674. The lowest BCUT2D eigenvalue weighted by Gasteiger charge is -2.25. The number of esters is 1. The molecule has 0 spiro atoms. The third kappa shape index (κ3) is 4.02. The van der Waals surface area contributed by atoms with Crippen molar-refractivity contribution >= 4 is 16.0 Å². The van der Waals surface area contributed by atoms with Crippen LogP contribution < -0.4 is 9.47 Å². The first-order valence-corrected chi connectivity index (χ1v) is 11.6. The number of hydrogen-bond donors (Lipinski definition) is 0. The number of hydrogen-bond acceptors (Lipinski definition) is 6. The smallest absolute Gasteiger partial charge is 0.338 e. The van der Waals surface area contributed by atoms with Crippen LogP contribution in [0, 0.1) is 0 Å². The van der Waals surface area contributed by atoms with Gasteiger partial charge in [-0.15, -0.1) is 0 Å². The van der Waals surface area contributed by atoms with E-state index in [4.69, 9.17) is 14.2 Å². The van der Waals surface area contributed by atoms with Crippen LogP contribution in [0.25, 0.3) is 0 Å². The van der Waals surface area contributed by atoms with Gasteiger partial charge in [0.1, 0.15) is 0 Å². The Labute approximate surface area is 176 Å². The SMILES string of the molecule is CCOC(=O)c1ccc(S(=O)(=O)N2CCC[C@@H]2c2ccc3c(c2)OCCCO3)cc1. The predicted molar refractivity (Wildman–Crippen MR) is 110 cm³/mol. The number of fused-ring (bicyclic) bond motifs is 1. The topological polar surface area (TPSA) is 82.1 Å². The van der Waals surface area contributed by atoms with Crippen molar-refractivity contribution in [3.63, 3.8) is 0 Å². The number of nitrogens with zero attached hydrogens (tertiary/aromatic N) is 1. The number of sulfonamides is 1. The fourth-order valence-electron chi connectivity index (χ4n) is 3.86. The van der Waals surface area contributed by atoms with Gasteiger partial charge in [0, 0.05) is 13.0 Å². The van der Waals surface area contributed by atoms with E-state index in [-0.39, 0.29) is 17.5 Å². The van der Waals surface area contributed by atoms with E-state index in [9.17, 15) is 13.2 Å². The zero-order valence-corrected chi connectivity index (χ0v) is 17.7. The average molecular weight is 432 g/mol. The van der Waals surface area contributed by atoms with Crippen LogP contribution in [0.5, 0.6) is 11.5 Å². The molecule has 0 N–H and O–H groups in total. The summed E-state index contributed by atoms with van der Waals surface area (Å²) in [6, 6.07) is 11.3. The van der Waals surface area contributed by atoms with E-state index in [1.54, 1.807) is 6.92 Å². The molecule has 4 rings (SSSR count). The van der Waals surface area contributed by atoms with Crippen molar-refractivity contribution in [3.05, 3.63) is 53.6 Å². The van der Waals surface area contributed by atoms with Crippen LogP contribution in [-0.2, 0) is 14.8 Å². The van der Waals surface area contributed by atoms with E-state index in [0.29, 0.717) is 36.8 Å². The lowest BCUT2D eigenvalue weighted by molar-refractivity contribution is 0.0526. The molecule has 0 radical (unpaired) electrons. The highest BCUT2D eigenvalue weighted by molar-refractivity contribution is 7.89. The monoisotopic (exact) mass is 431 g/mol. The zero-order valence-electron chi connectivity index (χ0n) is 16.9. The molecule has 7 nitrogen and oxygen atoms in total. The Morgan fingerprint density at radius 1 is 1.07 bits per heavy atom. The minimum Gasteiger partial charge on any atom is -0.490 e. The third-order valence-corrected chi connectivity index (χ3v) is 7.25. The predicted octanol–water partition coefficient (Wildman–Crippen LogP) is 3.55. The fraction of sp³-hybridized carbons (Fsp3) is 0.409. The maximum Gasteiger partial charge on any atom is 0.338 e. The second-order valence-corrected chi connectivity index (χ2v) is 9.17. The Balaban J connectivity index is 1.59. The maximum atomic E-state index is 13.3. The van der Waals surface area contributed by atoms with Gasteiger partial charge in [0.25, 0.3) is 0 Å². The van der Waals surface area contributed by atoms with E-state index in [1.165, 1.54) is 28.6 Å². The molecule has 1 atom stereocenters. The van der Waals surface area contributed by atoms with Crippen molar-refractivity contribution in [2.45, 2.75) is 37.1 Å². The number of benzene rings is 2. The van der Waals surface area contributed by atoms with Crippen LogP contribution in [-0.4, -0.2) is 45.1 Å². The van der Waals surface area contributed by atoms with Crippen molar-refractivity contribution < 1.29 is 27.4 Å². The van der Waals surface area contributed by atoms with Gasteiger partial charge in [-0.2, -0.15) is 4.31 Å². The lowest BCUT2D eigenvalue weighted by atomic mass is 10.0. The molecule has 2 aromatic carbocycles. The first-order chi connectivity index (χ1) is 14.5. The van der Waals surface area contributed by atoms with Crippen molar-refractivity contribution in [3.8, 4) is 11.5 Å². The second-order valence-electron chi connectivity index (χ2n) is 7.28. The summed E-state index contributed by atoms with van der Waals surface area (Å²) in [5.74, 6) is 0.888. The number of carbonyl (C=O) groups is 1. The van der Waals surface area contributed by atoms with Gasteiger partial charge < -0.3 is 14.2 Å². The van der Waals surface area contributed by atoms with Crippen LogP contribution in [0.4, 0.5) is 0 Å². The normalized spacial score (nSPS) is 19.3. The van der Waals surface area contributed by atoms with Crippen molar-refractivity contribution in [2.24, 2.45) is 0 Å². The summed E-state index contributed by atoms with van der Waals surface area (Å²) in [6.07, 6.45) is 2.33. The van der Waals surface area contributed by atoms with Gasteiger partial charge in [-0.25, -0.2) is 13.2 Å². The van der Waals surface area contributed by atoms with E-state index >= 15 is 0 Å². The third-order valence-electron chi connectivity index (χ3n) is 5.33. The second kappa shape index (κ2) is 8.65. The Morgan fingerprint density at radius 2 is 1.80 bits per heavy atom. The number of ether oxygens (including phenoxy) is 3. The van der Waals surface area contributed by atoms with Crippen LogP contribution in [0.15, 0.2) is 47.4 Å². The fourth-order valence-corrected chi connectivity index (χ4v) is 5.54. The summed E-state index contributed by atoms with van der Waals surface area (Å²) in [7, 11) is -3.71. The van der Waals surface area contributed by atoms with Gasteiger partial charge in [0.15, 0.2) is 11.5 Å². The van der Waals surface area contributed by atoms with Crippen LogP contribution in [0.1, 0.15) is 48.1 Å². The van der Waals surface area contributed by atoms with E-state index in [2.05, 4.69) is 0 Å². The summed E-state index contributed by atoms with van der Waals surface area (Å²) in [5, 5.41) is 0. The lowest BCUT2D eigenvalue weighted by Crippen LogP contribution is -2.30. The molecular formula is C22H25NO6S. The molecule has 0 aromatic heterocycles. The Hall–Kier alpha value is -2.58. The first-order valence-electron chi connectivity index (χ1n) is 10.2. The summed E-state index contributed by atoms with van der Waals surface area (Å²) >= 11 is 0. The van der Waals surface area contributed by atoms with Crippen LogP contribution in [0.2, 0.25) is 0 Å². The molecule has 0 aliphatic carbocycles. The Bertz CT molecular complexity index is 1020. The van der Waals surface area contributed by atoms with Gasteiger partial charge in [0.2, 0.25) is 10.0 Å². The van der Waals surface area contributed by atoms with Gasteiger partial charge in [-0.1, -0.05) is 6.07 Å². The molecule has 160 valence electrons. The molecular weight excluding hydrogens is 406 g/mol. The highest BCUT2D eigenvalue weighted by Crippen LogP contribution is 2.40. The largest absolute Gasteiger partial charge is 0.490 e. The molecule has 2 aliphatic heterocycles. The minimum atomic E-state index is -3.71. The highest BCUT2D eigenvalue weighted by Gasteiger charge is 2.36. The standard InChI is InChI=1S/C22H25NO6S/c1-2-27-22(24)16-6-9-18(10-7-16)30(25,26)23-12-3-5-19(23)17-8-11-20-21(15-17)29-14-4-13-28-20/h6-11,15,19H,2-5,12-14H2,1H3/t19-/m1/s1. The molecule has 2 aliphatic rings. The van der Waals surface area contributed by atoms with E-state index < -0.39 is 16.0 Å². The van der Waals surface area contributed by atoms with Gasteiger partial charge in [0.05, 0.1) is 36.3 Å². The summed E-state index contributed by atoms with van der Waals surface area (Å²) in [6.45, 7) is 3.63. The molecule has 0 unspecified atom stereocenters. The van der Waals surface area contributed by atoms with Crippen molar-refractivity contribution in [1.29, 1.82) is 0 Å². The molecule has 2 heterocycles. The number of rotatable bonds is 5. The Kier molecular flexibility index (Phi) is 5.97.